The standard InChI is InChI=1S/C12H9N.2C9H7NO.2C8H6N2O.C8H5NO2.C8H7NO.C8H6O.C8H6S.C7H6N2O.C7H6N2.C7H5NO.C7H5NS/c1-3-7-11-9(5-1)10-6-2-4-8-12(10)13-11;11-9-5-6-10-8-4-2-1-3-7(8)9;11-9-6-5-7-3-1-2-4-8(7)10-9;11-8-6-3-1-2-4-7(6)9-5-10-8;11-8-9-5-6-3-1-2-4-7(6)10-8;10-7-5-3-1-2-4-6(5)9-8(7)11;10-8-5-6-3-1-2-4-7(6)9-8;2*1-2-4-8-7(3-1)5-6-9-8;10-7-8-5-3-1-2-4-6(5)9-7;1-3-8-5-7-6(1)2-4-9-7;2*1-2-4-7-6(3-1)5-8-9-7/h1-8,13H;2*1-6H,(H,10,11);2*1-5H,(H,9,10,11);1-4H,(H,9,10,11);1-4H,5H2,(H,9,10);2*1-6H;1-4H,(H2,8,9,10);1-5,9H;2*1-5H. The number of fused-ring (bicyclic) bond motifs is 15. The van der Waals surface area contributed by atoms with E-state index < -0.39 is 11.7 Å². The number of hydrogen-bond donors (Lipinski definition) is 10. The molecule has 0 atom stereocenters. The molecule has 0 saturated heterocycles. The van der Waals surface area contributed by atoms with Crippen LogP contribution in [0.3, 0.4) is 0 Å². The van der Waals surface area contributed by atoms with Crippen molar-refractivity contribution < 1.29 is 23.3 Å². The molecular formula is C106H81N15O10S2. The number of H-pyrrole nitrogens is 8. The predicted molar refractivity (Wildman–Crippen MR) is 535 cm³/mol. The smallest absolute Gasteiger partial charge is 0.345 e. The molecule has 0 aliphatic carbocycles. The van der Waals surface area contributed by atoms with Crippen LogP contribution in [0.4, 0.5) is 11.4 Å². The number of aromatic amines is 8. The van der Waals surface area contributed by atoms with Gasteiger partial charge < -0.3 is 59.4 Å². The lowest BCUT2D eigenvalue weighted by atomic mass is 10.1. The summed E-state index contributed by atoms with van der Waals surface area (Å²) in [6.45, 7) is 0. The van der Waals surface area contributed by atoms with Gasteiger partial charge in [0.05, 0.1) is 80.3 Å². The van der Waals surface area contributed by atoms with Crippen molar-refractivity contribution in [1.29, 1.82) is 0 Å². The Bertz CT molecular complexity index is 7670. The van der Waals surface area contributed by atoms with Gasteiger partial charge in [0.2, 0.25) is 11.5 Å². The maximum atomic E-state index is 11.2. The quantitative estimate of drug-likeness (QED) is 0.0631. The van der Waals surface area contributed by atoms with Gasteiger partial charge >= 0.3 is 11.4 Å². The number of nitrogens with zero attached hydrogens (tertiary/aromatic N) is 5. The maximum Gasteiger partial charge on any atom is 0.345 e. The summed E-state index contributed by atoms with van der Waals surface area (Å²) in [5, 5.41) is 23.0. The number of hydrogen-bond acceptors (Lipinski definition) is 17. The molecule has 10 N–H and O–H groups in total. The highest BCUT2D eigenvalue weighted by atomic mass is 32.1. The van der Waals surface area contributed by atoms with Crippen molar-refractivity contribution in [1.82, 2.24) is 64.4 Å². The molecule has 2 aliphatic heterocycles. The Morgan fingerprint density at radius 2 is 0.910 bits per heavy atom. The first-order valence-corrected chi connectivity index (χ1v) is 43.2. The molecule has 0 radical (unpaired) electrons. The Hall–Kier alpha value is -18.2. The Labute approximate surface area is 763 Å². The molecule has 27 heteroatoms. The van der Waals surface area contributed by atoms with Crippen LogP contribution in [0.25, 0.3) is 129 Å². The number of rotatable bonds is 0. The maximum absolute atomic E-state index is 11.2. The second-order valence-electron chi connectivity index (χ2n) is 29.0. The highest BCUT2D eigenvalue weighted by Gasteiger charge is 2.26. The molecule has 0 unspecified atom stereocenters. The molecule has 14 heterocycles. The van der Waals surface area contributed by atoms with E-state index in [0.29, 0.717) is 23.1 Å². The first kappa shape index (κ1) is 89.6. The molecule has 2 aliphatic rings. The van der Waals surface area contributed by atoms with Crippen LogP contribution in [0, 0.1) is 0 Å². The number of nitrogens with one attached hydrogen (secondary N) is 10. The van der Waals surface area contributed by atoms with Crippen LogP contribution in [-0.2, 0) is 16.0 Å². The van der Waals surface area contributed by atoms with Crippen molar-refractivity contribution in [3.8, 4) is 0 Å². The van der Waals surface area contributed by atoms with Gasteiger partial charge in [0.15, 0.2) is 11.0 Å². The number of benzene rings is 13. The third-order valence-electron chi connectivity index (χ3n) is 20.1. The van der Waals surface area contributed by atoms with Gasteiger partial charge in [-0.2, -0.15) is 4.37 Å². The number of amides is 2. The van der Waals surface area contributed by atoms with Crippen molar-refractivity contribution in [3.63, 3.8) is 0 Å². The monoisotopic (exact) mass is 1790 g/mol. The molecule has 27 rings (SSSR count). The number of furan rings is 1. The summed E-state index contributed by atoms with van der Waals surface area (Å²) in [5.74, 6) is -0.881. The van der Waals surface area contributed by atoms with Crippen LogP contribution in [0.2, 0.25) is 0 Å². The summed E-state index contributed by atoms with van der Waals surface area (Å²) in [6.07, 6.45) is 16.0. The number of imidazole rings is 1. The highest BCUT2D eigenvalue weighted by Crippen LogP contribution is 2.27. The van der Waals surface area contributed by atoms with E-state index in [9.17, 15) is 38.4 Å². The van der Waals surface area contributed by atoms with Gasteiger partial charge in [0.1, 0.15) is 5.58 Å². The van der Waals surface area contributed by atoms with Gasteiger partial charge in [-0.15, -0.1) is 11.3 Å². The molecule has 0 saturated carbocycles. The van der Waals surface area contributed by atoms with E-state index in [1.807, 2.05) is 243 Å². The van der Waals surface area contributed by atoms with E-state index in [2.05, 4.69) is 171 Å². The van der Waals surface area contributed by atoms with Crippen molar-refractivity contribution in [2.75, 3.05) is 10.6 Å². The minimum atomic E-state index is -0.536. The topological polar surface area (TPSA) is 378 Å². The van der Waals surface area contributed by atoms with Crippen LogP contribution in [0.5, 0.6) is 0 Å². The fraction of sp³-hybridized carbons (Fsp3) is 0.00943. The van der Waals surface area contributed by atoms with Gasteiger partial charge in [0, 0.05) is 119 Å². The molecule has 0 bridgehead atoms. The zero-order valence-corrected chi connectivity index (χ0v) is 72.3. The van der Waals surface area contributed by atoms with E-state index in [1.54, 1.807) is 72.7 Å². The first-order chi connectivity index (χ1) is 65.3. The minimum absolute atomic E-state index is 0.0521. The van der Waals surface area contributed by atoms with Crippen molar-refractivity contribution >= 4 is 181 Å². The number of para-hydroxylation sites is 12. The zero-order chi connectivity index (χ0) is 91.7. The number of anilines is 2. The zero-order valence-electron chi connectivity index (χ0n) is 70.7. The summed E-state index contributed by atoms with van der Waals surface area (Å²) >= 11 is 3.32. The fourth-order valence-corrected chi connectivity index (χ4v) is 15.0. The van der Waals surface area contributed by atoms with Gasteiger partial charge in [-0.1, -0.05) is 211 Å². The van der Waals surface area contributed by atoms with Crippen molar-refractivity contribution in [2.45, 2.75) is 6.42 Å². The summed E-state index contributed by atoms with van der Waals surface area (Å²) in [4.78, 5) is 121. The van der Waals surface area contributed by atoms with E-state index in [1.165, 1.54) is 77.4 Å². The average molecular weight is 1790 g/mol. The third-order valence-corrected chi connectivity index (χ3v) is 21.8. The van der Waals surface area contributed by atoms with Gasteiger partial charge in [-0.3, -0.25) is 33.8 Å². The molecular weight excluding hydrogens is 1710 g/mol. The van der Waals surface area contributed by atoms with Crippen LogP contribution in [0.15, 0.2) is 452 Å². The lowest BCUT2D eigenvalue weighted by molar-refractivity contribution is -0.115. The van der Waals surface area contributed by atoms with E-state index in [0.717, 1.165) is 88.0 Å². The number of carbonyl (C=O) groups excluding carboxylic acids is 3. The summed E-state index contributed by atoms with van der Waals surface area (Å²) < 4.78 is 16.7. The number of carbonyl (C=O) groups is 3. The Morgan fingerprint density at radius 1 is 0.346 bits per heavy atom. The molecule has 2 amide bonds. The Morgan fingerprint density at radius 3 is 1.59 bits per heavy atom. The van der Waals surface area contributed by atoms with E-state index in [4.69, 9.17) is 8.94 Å². The number of aromatic nitrogens is 13. The fourth-order valence-electron chi connectivity index (χ4n) is 13.6. The molecule has 25 aromatic rings. The Kier molecular flexibility index (Phi) is 30.5. The third kappa shape index (κ3) is 24.7. The number of pyridine rings is 3. The van der Waals surface area contributed by atoms with Gasteiger partial charge in [-0.05, 0) is 173 Å². The lowest BCUT2D eigenvalue weighted by Crippen LogP contribution is -2.12. The van der Waals surface area contributed by atoms with Crippen LogP contribution >= 0.6 is 22.9 Å². The number of ketones is 1. The minimum Gasteiger partial charge on any atom is -0.464 e. The number of thiophene rings is 1. The second-order valence-corrected chi connectivity index (χ2v) is 30.7. The second kappa shape index (κ2) is 45.3. The summed E-state index contributed by atoms with van der Waals surface area (Å²) in [5.41, 5.74) is 13.0. The van der Waals surface area contributed by atoms with Crippen LogP contribution in [-0.4, -0.2) is 82.0 Å². The first-order valence-electron chi connectivity index (χ1n) is 41.5. The average Bonchev–Trinajstić information content (AvgIpc) is 1.65. The molecule has 0 fully saturated rings. The van der Waals surface area contributed by atoms with Crippen LogP contribution in [0.1, 0.15) is 15.9 Å². The van der Waals surface area contributed by atoms with Crippen molar-refractivity contribution in [2.24, 2.45) is 0 Å². The molecule has 133 heavy (non-hydrogen) atoms. The molecule has 0 spiro atoms. The summed E-state index contributed by atoms with van der Waals surface area (Å²) in [7, 11) is 0. The summed E-state index contributed by atoms with van der Waals surface area (Å²) in [6, 6.07) is 114. The molecule has 12 aromatic heterocycles. The van der Waals surface area contributed by atoms with Gasteiger partial charge in [-0.25, -0.2) is 19.6 Å². The predicted octanol–water partition coefficient (Wildman–Crippen LogP) is 22.1. The van der Waals surface area contributed by atoms with Gasteiger partial charge in [0.25, 0.3) is 17.2 Å². The molecule has 25 nitrogen and oxygen atoms in total. The molecule has 13 aromatic carbocycles. The van der Waals surface area contributed by atoms with Crippen LogP contribution < -0.4 is 38.6 Å². The van der Waals surface area contributed by atoms with E-state index in [-0.39, 0.29) is 33.8 Å². The SMILES string of the molecule is O=C1Cc2ccccc2N1.O=C1Nc2ccccc2C1=O.O=c1[nH]c2ccccc2[nH]1.O=c1[nH]cnc2ccccc12.O=c1cc[nH]c2ccccc12.O=c1ccc2ccccc2[nH]1.O=c1ncc2ccccc2[nH]1.c1cc2cc[nH]c2cn1.c1ccc2c(c1)[nH]c1ccccc12.c1ccc2occc2c1.c1ccc2oncc2c1.c1ccc2sccc2c1.c1ccc2sncc2c1. The number of Topliss-reactive ketones (excluding diaryl/α,β-unsaturated/α-hetero) is 1. The van der Waals surface area contributed by atoms with Crippen molar-refractivity contribution in [3.05, 3.63) is 482 Å². The van der Waals surface area contributed by atoms with E-state index >= 15 is 0 Å². The Balaban J connectivity index is 0.000000110. The highest BCUT2D eigenvalue weighted by molar-refractivity contribution is 7.17. The normalized spacial score (nSPS) is 11.0. The lowest BCUT2D eigenvalue weighted by Gasteiger charge is -1.93. The molecule has 652 valence electrons. The largest absolute Gasteiger partial charge is 0.464 e.